The highest BCUT2D eigenvalue weighted by Gasteiger charge is 1.84. The van der Waals surface area contributed by atoms with Gasteiger partial charge in [0.15, 0.2) is 0 Å². The van der Waals surface area contributed by atoms with Crippen molar-refractivity contribution in [2.45, 2.75) is 6.42 Å². The molecule has 1 rings (SSSR count). The maximum absolute atomic E-state index is 2.20. The van der Waals surface area contributed by atoms with Crippen LogP contribution in [0.5, 0.6) is 0 Å². The summed E-state index contributed by atoms with van der Waals surface area (Å²) in [6, 6.07) is 0. The van der Waals surface area contributed by atoms with Crippen LogP contribution in [0.3, 0.4) is 0 Å². The number of allylic oxidation sites excluding steroid dienone is 3. The zero-order valence-electron chi connectivity index (χ0n) is 4.54. The van der Waals surface area contributed by atoms with E-state index in [2.05, 4.69) is 23.6 Å². The fourth-order valence-electron chi connectivity index (χ4n) is 0.456. The SMILES string of the molecule is C1=CCCSSC=C1. The Kier molecular flexibility index (Phi) is 3.23. The van der Waals surface area contributed by atoms with Crippen LogP contribution >= 0.6 is 21.6 Å². The van der Waals surface area contributed by atoms with E-state index in [9.17, 15) is 0 Å². The van der Waals surface area contributed by atoms with Crippen LogP contribution in [0.15, 0.2) is 23.6 Å². The Bertz CT molecular complexity index is 91.1. The Morgan fingerprint density at radius 1 is 1.25 bits per heavy atom. The van der Waals surface area contributed by atoms with E-state index in [1.54, 1.807) is 0 Å². The number of rotatable bonds is 0. The third kappa shape index (κ3) is 2.48. The fourth-order valence-corrected chi connectivity index (χ4v) is 2.02. The van der Waals surface area contributed by atoms with Gasteiger partial charge in [-0.15, -0.1) is 0 Å². The minimum absolute atomic E-state index is 1.21. The molecule has 0 radical (unpaired) electrons. The second-order valence-electron chi connectivity index (χ2n) is 1.46. The highest BCUT2D eigenvalue weighted by molar-refractivity contribution is 8.77. The summed E-state index contributed by atoms with van der Waals surface area (Å²) >= 11 is 0. The fraction of sp³-hybridized carbons (Fsp3) is 0.333. The minimum atomic E-state index is 1.21. The van der Waals surface area contributed by atoms with Crippen molar-refractivity contribution in [3.05, 3.63) is 23.6 Å². The summed E-state index contributed by atoms with van der Waals surface area (Å²) in [5, 5.41) is 2.11. The van der Waals surface area contributed by atoms with Crippen molar-refractivity contribution in [1.29, 1.82) is 0 Å². The Hall–Kier alpha value is 0.180. The molecule has 2 heteroatoms. The largest absolute Gasteiger partial charge is 0.0892 e. The van der Waals surface area contributed by atoms with E-state index < -0.39 is 0 Å². The lowest BCUT2D eigenvalue weighted by molar-refractivity contribution is 1.25. The molecule has 0 saturated heterocycles. The standard InChI is InChI=1S/C6H8S2/c1-2-4-6-8-7-5-3-1/h1-3,5H,4,6H2. The topological polar surface area (TPSA) is 0 Å². The molecule has 0 spiro atoms. The highest BCUT2D eigenvalue weighted by Crippen LogP contribution is 2.24. The summed E-state index contributed by atoms with van der Waals surface area (Å²) in [7, 11) is 3.72. The molecule has 0 amide bonds. The molecule has 1 aliphatic rings. The first-order chi connectivity index (χ1) is 4.00. The van der Waals surface area contributed by atoms with Crippen molar-refractivity contribution in [1.82, 2.24) is 0 Å². The lowest BCUT2D eigenvalue weighted by Crippen LogP contribution is -1.70. The van der Waals surface area contributed by atoms with Crippen LogP contribution in [0.25, 0.3) is 0 Å². The van der Waals surface area contributed by atoms with Crippen molar-refractivity contribution in [3.63, 3.8) is 0 Å². The van der Waals surface area contributed by atoms with Gasteiger partial charge in [0.2, 0.25) is 0 Å². The lowest BCUT2D eigenvalue weighted by Gasteiger charge is -1.93. The average molecular weight is 144 g/mol. The molecular weight excluding hydrogens is 136 g/mol. The third-order valence-corrected chi connectivity index (χ3v) is 2.87. The first-order valence-corrected chi connectivity index (χ1v) is 4.98. The molecule has 8 heavy (non-hydrogen) atoms. The monoisotopic (exact) mass is 144 g/mol. The highest BCUT2D eigenvalue weighted by atomic mass is 33.1. The molecule has 1 aliphatic heterocycles. The van der Waals surface area contributed by atoms with Crippen LogP contribution < -0.4 is 0 Å². The zero-order chi connectivity index (χ0) is 5.66. The molecule has 0 aromatic heterocycles. The van der Waals surface area contributed by atoms with Crippen LogP contribution in [0.2, 0.25) is 0 Å². The molecule has 0 atom stereocenters. The normalized spacial score (nSPS) is 20.0. The van der Waals surface area contributed by atoms with Gasteiger partial charge in [0.25, 0.3) is 0 Å². The van der Waals surface area contributed by atoms with Crippen molar-refractivity contribution >= 4 is 21.6 Å². The molecule has 0 saturated carbocycles. The van der Waals surface area contributed by atoms with Crippen LogP contribution in [-0.2, 0) is 0 Å². The van der Waals surface area contributed by atoms with E-state index in [-0.39, 0.29) is 0 Å². The van der Waals surface area contributed by atoms with Crippen molar-refractivity contribution in [3.8, 4) is 0 Å². The minimum Gasteiger partial charge on any atom is -0.0892 e. The Morgan fingerprint density at radius 3 is 3.25 bits per heavy atom. The second-order valence-corrected chi connectivity index (χ2v) is 3.86. The van der Waals surface area contributed by atoms with Gasteiger partial charge in [0.05, 0.1) is 0 Å². The molecule has 1 heterocycles. The molecule has 0 aromatic carbocycles. The van der Waals surface area contributed by atoms with Gasteiger partial charge in [-0.2, -0.15) is 0 Å². The van der Waals surface area contributed by atoms with Gasteiger partial charge in [0.1, 0.15) is 0 Å². The van der Waals surface area contributed by atoms with Gasteiger partial charge in [-0.05, 0) is 11.8 Å². The zero-order valence-corrected chi connectivity index (χ0v) is 6.17. The Balaban J connectivity index is 2.33. The van der Waals surface area contributed by atoms with Crippen molar-refractivity contribution in [2.75, 3.05) is 5.75 Å². The molecule has 0 aliphatic carbocycles. The second kappa shape index (κ2) is 4.10. The molecule has 44 valence electrons. The molecular formula is C6H8S2. The predicted octanol–water partition coefficient (Wildman–Crippen LogP) is 2.84. The van der Waals surface area contributed by atoms with Gasteiger partial charge < -0.3 is 0 Å². The molecule has 0 bridgehead atoms. The van der Waals surface area contributed by atoms with E-state index in [1.165, 1.54) is 12.2 Å². The van der Waals surface area contributed by atoms with Crippen molar-refractivity contribution in [2.24, 2.45) is 0 Å². The van der Waals surface area contributed by atoms with Gasteiger partial charge in [-0.1, -0.05) is 39.8 Å². The third-order valence-electron chi connectivity index (χ3n) is 0.817. The molecule has 0 aromatic rings. The summed E-state index contributed by atoms with van der Waals surface area (Å²) in [5.41, 5.74) is 0. The van der Waals surface area contributed by atoms with Gasteiger partial charge >= 0.3 is 0 Å². The summed E-state index contributed by atoms with van der Waals surface area (Å²) in [6.07, 6.45) is 7.59. The van der Waals surface area contributed by atoms with E-state index >= 15 is 0 Å². The van der Waals surface area contributed by atoms with Crippen LogP contribution in [-0.4, -0.2) is 5.75 Å². The number of hydrogen-bond donors (Lipinski definition) is 0. The van der Waals surface area contributed by atoms with E-state index in [0.717, 1.165) is 0 Å². The number of hydrogen-bond acceptors (Lipinski definition) is 2. The average Bonchev–Trinajstić information content (AvgIpc) is 1.62. The molecule has 0 N–H and O–H groups in total. The first-order valence-electron chi connectivity index (χ1n) is 2.60. The van der Waals surface area contributed by atoms with Gasteiger partial charge in [0, 0.05) is 5.75 Å². The summed E-state index contributed by atoms with van der Waals surface area (Å²) in [4.78, 5) is 0. The Labute approximate surface area is 57.8 Å². The van der Waals surface area contributed by atoms with E-state index in [0.29, 0.717) is 0 Å². The summed E-state index contributed by atoms with van der Waals surface area (Å²) in [5.74, 6) is 1.24. The quantitative estimate of drug-likeness (QED) is 0.479. The lowest BCUT2D eigenvalue weighted by atomic mass is 10.4. The summed E-state index contributed by atoms with van der Waals surface area (Å²) in [6.45, 7) is 0. The molecule has 0 unspecified atom stereocenters. The van der Waals surface area contributed by atoms with Crippen LogP contribution in [0.4, 0.5) is 0 Å². The smallest absolute Gasteiger partial charge is 0.00748 e. The van der Waals surface area contributed by atoms with Crippen LogP contribution in [0, 0.1) is 0 Å². The predicted molar refractivity (Wildman–Crippen MR) is 42.9 cm³/mol. The van der Waals surface area contributed by atoms with E-state index in [1.807, 2.05) is 21.6 Å². The first kappa shape index (κ1) is 6.30. The summed E-state index contributed by atoms with van der Waals surface area (Å²) < 4.78 is 0. The van der Waals surface area contributed by atoms with Gasteiger partial charge in [-0.3, -0.25) is 0 Å². The maximum atomic E-state index is 2.20. The van der Waals surface area contributed by atoms with Gasteiger partial charge in [-0.25, -0.2) is 0 Å². The van der Waals surface area contributed by atoms with Crippen molar-refractivity contribution < 1.29 is 0 Å². The Morgan fingerprint density at radius 2 is 2.25 bits per heavy atom. The molecule has 0 nitrogen and oxygen atoms in total. The van der Waals surface area contributed by atoms with Crippen LogP contribution in [0.1, 0.15) is 6.42 Å². The van der Waals surface area contributed by atoms with E-state index in [4.69, 9.17) is 0 Å². The maximum Gasteiger partial charge on any atom is 0.00748 e. The molecule has 0 fully saturated rings.